The average Bonchev–Trinajstić information content (AvgIpc) is 2.37. The molecule has 0 saturated carbocycles. The molecule has 7 heteroatoms. The van der Waals surface area contributed by atoms with Crippen molar-refractivity contribution in [2.75, 3.05) is 5.32 Å². The number of hydrogen-bond donors (Lipinski definition) is 2. The van der Waals surface area contributed by atoms with E-state index in [9.17, 15) is 19.7 Å². The van der Waals surface area contributed by atoms with Crippen molar-refractivity contribution in [3.8, 4) is 0 Å². The quantitative estimate of drug-likeness (QED) is 0.551. The van der Waals surface area contributed by atoms with Gasteiger partial charge in [-0.1, -0.05) is 0 Å². The smallest absolute Gasteiger partial charge is 0.271 e. The molecule has 0 aliphatic carbocycles. The summed E-state index contributed by atoms with van der Waals surface area (Å²) in [6.07, 6.45) is 0. The van der Waals surface area contributed by atoms with Crippen molar-refractivity contribution in [3.63, 3.8) is 0 Å². The van der Waals surface area contributed by atoms with Gasteiger partial charge in [0, 0.05) is 12.1 Å². The van der Waals surface area contributed by atoms with Gasteiger partial charge < -0.3 is 10.6 Å². The molecule has 2 rings (SSSR count). The van der Waals surface area contributed by atoms with E-state index in [-0.39, 0.29) is 16.9 Å². The summed E-state index contributed by atoms with van der Waals surface area (Å²) < 4.78 is 0. The van der Waals surface area contributed by atoms with Gasteiger partial charge in [-0.05, 0) is 13.0 Å². The Kier molecular flexibility index (Phi) is 2.51. The van der Waals surface area contributed by atoms with Crippen LogP contribution in [0.4, 0.5) is 11.4 Å². The molecule has 1 aromatic rings. The Bertz CT molecular complexity index is 526. The summed E-state index contributed by atoms with van der Waals surface area (Å²) in [5.74, 6) is -0.835. The lowest BCUT2D eigenvalue weighted by atomic mass is 10.1. The van der Waals surface area contributed by atoms with Crippen LogP contribution < -0.4 is 10.6 Å². The van der Waals surface area contributed by atoms with Crippen LogP contribution in [-0.2, 0) is 4.79 Å². The summed E-state index contributed by atoms with van der Waals surface area (Å²) in [5.41, 5.74) is 0.200. The maximum atomic E-state index is 11.7. The van der Waals surface area contributed by atoms with Crippen LogP contribution in [0.3, 0.4) is 0 Å². The van der Waals surface area contributed by atoms with Gasteiger partial charge in [0.05, 0.1) is 16.2 Å². The molecule has 1 aliphatic heterocycles. The molecule has 88 valence electrons. The standard InChI is InChI=1S/C10H9N3O4/c1-5-9(14)12-8-4-6(13(16)17)2-3-7(8)10(15)11-5/h2-5H,1H3,(H,11,15)(H,12,14)/t5-/m1/s1. The number of nitro groups is 1. The van der Waals surface area contributed by atoms with Crippen LogP contribution in [0.2, 0.25) is 0 Å². The van der Waals surface area contributed by atoms with E-state index in [0.717, 1.165) is 0 Å². The highest BCUT2D eigenvalue weighted by atomic mass is 16.6. The lowest BCUT2D eigenvalue weighted by Gasteiger charge is -2.06. The van der Waals surface area contributed by atoms with Gasteiger partial charge in [0.2, 0.25) is 5.91 Å². The van der Waals surface area contributed by atoms with E-state index in [2.05, 4.69) is 10.6 Å². The van der Waals surface area contributed by atoms with E-state index in [0.29, 0.717) is 0 Å². The molecule has 0 fully saturated rings. The van der Waals surface area contributed by atoms with E-state index in [1.165, 1.54) is 25.1 Å². The lowest BCUT2D eigenvalue weighted by Crippen LogP contribution is -2.38. The third-order valence-corrected chi connectivity index (χ3v) is 2.46. The molecule has 0 aromatic heterocycles. The minimum absolute atomic E-state index is 0.158. The Labute approximate surface area is 96.0 Å². The average molecular weight is 235 g/mol. The maximum absolute atomic E-state index is 11.7. The van der Waals surface area contributed by atoms with Crippen LogP contribution in [0.1, 0.15) is 17.3 Å². The number of non-ortho nitro benzene ring substituents is 1. The van der Waals surface area contributed by atoms with Crippen molar-refractivity contribution >= 4 is 23.2 Å². The Balaban J connectivity index is 2.51. The predicted molar refractivity (Wildman–Crippen MR) is 58.7 cm³/mol. The number of amides is 2. The fraction of sp³-hybridized carbons (Fsp3) is 0.200. The van der Waals surface area contributed by atoms with Gasteiger partial charge in [-0.25, -0.2) is 0 Å². The topological polar surface area (TPSA) is 101 Å². The van der Waals surface area contributed by atoms with Crippen molar-refractivity contribution in [2.24, 2.45) is 0 Å². The summed E-state index contributed by atoms with van der Waals surface area (Å²) in [5, 5.41) is 15.5. The minimum Gasteiger partial charge on any atom is -0.340 e. The first-order valence-corrected chi connectivity index (χ1v) is 4.89. The predicted octanol–water partition coefficient (Wildman–Crippen LogP) is 0.665. The normalized spacial score (nSPS) is 18.8. The largest absolute Gasteiger partial charge is 0.340 e. The number of rotatable bonds is 1. The van der Waals surface area contributed by atoms with E-state index in [1.807, 2.05) is 0 Å². The zero-order chi connectivity index (χ0) is 12.6. The van der Waals surface area contributed by atoms with Gasteiger partial charge in [0.1, 0.15) is 6.04 Å². The van der Waals surface area contributed by atoms with Crippen molar-refractivity contribution in [1.29, 1.82) is 0 Å². The number of fused-ring (bicyclic) bond motifs is 1. The molecule has 1 atom stereocenters. The third-order valence-electron chi connectivity index (χ3n) is 2.46. The first-order chi connectivity index (χ1) is 7.99. The molecule has 2 amide bonds. The van der Waals surface area contributed by atoms with Gasteiger partial charge in [0.15, 0.2) is 0 Å². The second-order valence-corrected chi connectivity index (χ2v) is 3.67. The monoisotopic (exact) mass is 235 g/mol. The van der Waals surface area contributed by atoms with Crippen LogP contribution in [0.5, 0.6) is 0 Å². The van der Waals surface area contributed by atoms with Gasteiger partial charge in [0.25, 0.3) is 11.6 Å². The van der Waals surface area contributed by atoms with E-state index in [1.54, 1.807) is 0 Å². The van der Waals surface area contributed by atoms with Crippen molar-refractivity contribution in [1.82, 2.24) is 5.32 Å². The van der Waals surface area contributed by atoms with Gasteiger partial charge >= 0.3 is 0 Å². The molecular formula is C10H9N3O4. The van der Waals surface area contributed by atoms with Crippen LogP contribution in [0.25, 0.3) is 0 Å². The molecular weight excluding hydrogens is 226 g/mol. The Morgan fingerprint density at radius 2 is 2.06 bits per heavy atom. The highest BCUT2D eigenvalue weighted by Crippen LogP contribution is 2.24. The summed E-state index contributed by atoms with van der Waals surface area (Å²) in [6.45, 7) is 1.54. The molecule has 0 spiro atoms. The van der Waals surface area contributed by atoms with E-state index in [4.69, 9.17) is 0 Å². The molecule has 2 N–H and O–H groups in total. The highest BCUT2D eigenvalue weighted by Gasteiger charge is 2.25. The molecule has 1 heterocycles. The molecule has 1 aliphatic rings. The second-order valence-electron chi connectivity index (χ2n) is 3.67. The van der Waals surface area contributed by atoms with Crippen LogP contribution in [-0.4, -0.2) is 22.8 Å². The van der Waals surface area contributed by atoms with E-state index < -0.39 is 22.8 Å². The Morgan fingerprint density at radius 3 is 2.71 bits per heavy atom. The molecule has 0 radical (unpaired) electrons. The SMILES string of the molecule is C[C@H]1NC(=O)c2ccc([N+](=O)[O-])cc2NC1=O. The summed E-state index contributed by atoms with van der Waals surface area (Å²) in [4.78, 5) is 33.2. The van der Waals surface area contributed by atoms with Crippen LogP contribution in [0.15, 0.2) is 18.2 Å². The first-order valence-electron chi connectivity index (χ1n) is 4.89. The Morgan fingerprint density at radius 1 is 1.35 bits per heavy atom. The maximum Gasteiger partial charge on any atom is 0.271 e. The van der Waals surface area contributed by atoms with Gasteiger partial charge in [-0.3, -0.25) is 19.7 Å². The van der Waals surface area contributed by atoms with Crippen LogP contribution in [0, 0.1) is 10.1 Å². The molecule has 1 aromatic carbocycles. The summed E-state index contributed by atoms with van der Waals surface area (Å²) >= 11 is 0. The third kappa shape index (κ3) is 1.94. The number of nitrogens with one attached hydrogen (secondary N) is 2. The fourth-order valence-corrected chi connectivity index (χ4v) is 1.53. The molecule has 0 unspecified atom stereocenters. The number of carbonyl (C=O) groups is 2. The second kappa shape index (κ2) is 3.85. The highest BCUT2D eigenvalue weighted by molar-refractivity contribution is 6.09. The fourth-order valence-electron chi connectivity index (χ4n) is 1.53. The number of carbonyl (C=O) groups excluding carboxylic acids is 2. The molecule has 7 nitrogen and oxygen atoms in total. The van der Waals surface area contributed by atoms with E-state index >= 15 is 0 Å². The van der Waals surface area contributed by atoms with Crippen LogP contribution >= 0.6 is 0 Å². The van der Waals surface area contributed by atoms with Gasteiger partial charge in [-0.15, -0.1) is 0 Å². The zero-order valence-electron chi connectivity index (χ0n) is 8.89. The van der Waals surface area contributed by atoms with Gasteiger partial charge in [-0.2, -0.15) is 0 Å². The number of benzene rings is 1. The molecule has 0 saturated heterocycles. The minimum atomic E-state index is -0.672. The number of hydrogen-bond acceptors (Lipinski definition) is 4. The summed E-state index contributed by atoms with van der Waals surface area (Å²) in [6, 6.07) is 3.04. The van der Waals surface area contributed by atoms with Crippen molar-refractivity contribution in [3.05, 3.63) is 33.9 Å². The number of nitro benzene ring substituents is 1. The number of anilines is 1. The number of nitrogens with zero attached hydrogens (tertiary/aromatic N) is 1. The van der Waals surface area contributed by atoms with Crippen molar-refractivity contribution in [2.45, 2.75) is 13.0 Å². The first kappa shape index (κ1) is 11.1. The molecule has 17 heavy (non-hydrogen) atoms. The molecule has 0 bridgehead atoms. The lowest BCUT2D eigenvalue weighted by molar-refractivity contribution is -0.384. The Hall–Kier alpha value is -2.44. The zero-order valence-corrected chi connectivity index (χ0v) is 8.89. The van der Waals surface area contributed by atoms with Crippen molar-refractivity contribution < 1.29 is 14.5 Å². The summed E-state index contributed by atoms with van der Waals surface area (Å²) in [7, 11) is 0.